The van der Waals surface area contributed by atoms with Gasteiger partial charge >= 0.3 is 0 Å². The van der Waals surface area contributed by atoms with Crippen LogP contribution in [0.4, 0.5) is 0 Å². The van der Waals surface area contributed by atoms with Crippen LogP contribution in [0.15, 0.2) is 0 Å². The van der Waals surface area contributed by atoms with Crippen LogP contribution < -0.4 is 4.72 Å². The number of rotatable bonds is 3. The Morgan fingerprint density at radius 3 is 2.50 bits per heavy atom. The lowest BCUT2D eigenvalue weighted by Gasteiger charge is -2.03. The highest BCUT2D eigenvalue weighted by Crippen LogP contribution is 2.02. The van der Waals surface area contributed by atoms with Crippen LogP contribution in [0.1, 0.15) is 13.8 Å². The highest BCUT2D eigenvalue weighted by atomic mass is 35.5. The Hall–Kier alpha value is 0.460. The molecule has 0 radical (unpaired) electrons. The molecular weight excluding hydrogens is 188 g/mol. The highest BCUT2D eigenvalue weighted by Gasteiger charge is 1.92. The summed E-state index contributed by atoms with van der Waals surface area (Å²) in [6.07, 6.45) is 0. The molecular formula is C5H13ClN2S2. The minimum atomic E-state index is 0. The van der Waals surface area contributed by atoms with E-state index in [1.54, 1.807) is 0 Å². The van der Waals surface area contributed by atoms with Crippen LogP contribution in [-0.4, -0.2) is 10.9 Å². The Balaban J connectivity index is 0. The number of hydrogen-bond acceptors (Lipinski definition) is 2. The molecule has 0 spiro atoms. The van der Waals surface area contributed by atoms with Crippen molar-refractivity contribution in [2.24, 2.45) is 5.92 Å². The minimum Gasteiger partial charge on any atom is -0.310 e. The highest BCUT2D eigenvalue weighted by molar-refractivity contribution is 8.03. The van der Waals surface area contributed by atoms with Gasteiger partial charge < -0.3 is 4.72 Å². The summed E-state index contributed by atoms with van der Waals surface area (Å²) in [5, 5.41) is 7.09. The molecule has 0 bridgehead atoms. The van der Waals surface area contributed by atoms with Crippen LogP contribution in [0.2, 0.25) is 0 Å². The van der Waals surface area contributed by atoms with Gasteiger partial charge in [-0.3, -0.25) is 5.41 Å². The van der Waals surface area contributed by atoms with Crippen LogP contribution in [0.3, 0.4) is 0 Å². The van der Waals surface area contributed by atoms with E-state index in [0.29, 0.717) is 5.92 Å². The SMILES string of the molecule is CC(C)CSNC(=N)S.Cl. The third kappa shape index (κ3) is 11.3. The fourth-order valence-electron chi connectivity index (χ4n) is 0.277. The van der Waals surface area contributed by atoms with Crippen molar-refractivity contribution in [3.63, 3.8) is 0 Å². The molecule has 62 valence electrons. The molecule has 0 aromatic heterocycles. The molecule has 0 aromatic rings. The van der Waals surface area contributed by atoms with Gasteiger partial charge in [0, 0.05) is 5.75 Å². The number of thiol groups is 1. The monoisotopic (exact) mass is 200 g/mol. The molecule has 5 heteroatoms. The molecule has 0 amide bonds. The van der Waals surface area contributed by atoms with E-state index in [1.807, 2.05) is 0 Å². The normalized spacial score (nSPS) is 8.80. The van der Waals surface area contributed by atoms with Gasteiger partial charge in [-0.2, -0.15) is 0 Å². The summed E-state index contributed by atoms with van der Waals surface area (Å²) in [5.74, 6) is 1.68. The molecule has 0 rings (SSSR count). The molecule has 0 saturated carbocycles. The Labute approximate surface area is 78.0 Å². The molecule has 2 nitrogen and oxygen atoms in total. The maximum atomic E-state index is 6.87. The first-order valence-corrected chi connectivity index (χ1v) is 4.21. The lowest BCUT2D eigenvalue weighted by atomic mass is 10.3. The first kappa shape index (κ1) is 13.1. The molecule has 0 unspecified atom stereocenters. The Morgan fingerprint density at radius 1 is 1.70 bits per heavy atom. The van der Waals surface area contributed by atoms with Crippen LogP contribution in [0, 0.1) is 11.3 Å². The molecule has 0 aliphatic heterocycles. The number of halogens is 1. The summed E-state index contributed by atoms with van der Waals surface area (Å²) in [6.45, 7) is 4.27. The van der Waals surface area contributed by atoms with E-state index >= 15 is 0 Å². The number of hydrogen-bond donors (Lipinski definition) is 3. The quantitative estimate of drug-likeness (QED) is 0.283. The maximum Gasteiger partial charge on any atom is 0.160 e. The van der Waals surface area contributed by atoms with Gasteiger partial charge in [-0.25, -0.2) is 0 Å². The van der Waals surface area contributed by atoms with Crippen LogP contribution in [-0.2, 0) is 0 Å². The summed E-state index contributed by atoms with van der Waals surface area (Å²) >= 11 is 5.27. The Kier molecular flexibility index (Phi) is 9.90. The molecule has 0 atom stereocenters. The Bertz CT molecular complexity index is 97.6. The van der Waals surface area contributed by atoms with Crippen molar-refractivity contribution >= 4 is 42.2 Å². The van der Waals surface area contributed by atoms with Gasteiger partial charge in [0.15, 0.2) is 5.17 Å². The second-order valence-corrected chi connectivity index (χ2v) is 3.43. The Morgan fingerprint density at radius 2 is 2.20 bits per heavy atom. The van der Waals surface area contributed by atoms with Crippen molar-refractivity contribution in [3.05, 3.63) is 0 Å². The van der Waals surface area contributed by atoms with Crippen LogP contribution >= 0.6 is 37.0 Å². The predicted molar refractivity (Wildman–Crippen MR) is 54.4 cm³/mol. The summed E-state index contributed by atoms with van der Waals surface area (Å²) in [7, 11) is 0. The molecule has 0 heterocycles. The lowest BCUT2D eigenvalue weighted by molar-refractivity contribution is 0.750. The lowest BCUT2D eigenvalue weighted by Crippen LogP contribution is -2.09. The summed E-state index contributed by atoms with van der Waals surface area (Å²) in [5.41, 5.74) is 0. The third-order valence-corrected chi connectivity index (χ3v) is 2.03. The van der Waals surface area contributed by atoms with Crippen LogP contribution in [0.25, 0.3) is 0 Å². The van der Waals surface area contributed by atoms with E-state index in [9.17, 15) is 0 Å². The summed E-state index contributed by atoms with van der Waals surface area (Å²) in [4.78, 5) is 0. The fraction of sp³-hybridized carbons (Fsp3) is 0.800. The minimum absolute atomic E-state index is 0. The molecule has 0 aliphatic carbocycles. The van der Waals surface area contributed by atoms with Crippen molar-refractivity contribution in [2.75, 3.05) is 5.75 Å². The first-order chi connectivity index (χ1) is 4.13. The standard InChI is InChI=1S/C5H12N2S2.ClH/c1-4(2)3-9-7-5(6)8;/h4H,3H2,1-2H3,(H3,6,7,8);1H. The molecule has 0 aliphatic rings. The van der Waals surface area contributed by atoms with E-state index in [-0.39, 0.29) is 17.6 Å². The smallest absolute Gasteiger partial charge is 0.160 e. The topological polar surface area (TPSA) is 35.9 Å². The van der Waals surface area contributed by atoms with Gasteiger partial charge in [0.05, 0.1) is 0 Å². The number of nitrogens with one attached hydrogen (secondary N) is 2. The molecule has 0 saturated heterocycles. The average molecular weight is 201 g/mol. The van der Waals surface area contributed by atoms with Crippen molar-refractivity contribution in [1.29, 1.82) is 5.41 Å². The van der Waals surface area contributed by atoms with E-state index in [0.717, 1.165) is 5.75 Å². The largest absolute Gasteiger partial charge is 0.310 e. The number of amidine groups is 1. The van der Waals surface area contributed by atoms with E-state index in [1.165, 1.54) is 11.9 Å². The second kappa shape index (κ2) is 7.57. The summed E-state index contributed by atoms with van der Waals surface area (Å²) < 4.78 is 2.74. The van der Waals surface area contributed by atoms with Gasteiger partial charge in [-0.15, -0.1) is 25.0 Å². The van der Waals surface area contributed by atoms with E-state index in [4.69, 9.17) is 5.41 Å². The van der Waals surface area contributed by atoms with Crippen molar-refractivity contribution in [2.45, 2.75) is 13.8 Å². The van der Waals surface area contributed by atoms with Crippen molar-refractivity contribution in [1.82, 2.24) is 4.72 Å². The van der Waals surface area contributed by atoms with Gasteiger partial charge in [0.2, 0.25) is 0 Å². The van der Waals surface area contributed by atoms with Crippen molar-refractivity contribution < 1.29 is 0 Å². The zero-order chi connectivity index (χ0) is 7.28. The summed E-state index contributed by atoms with van der Waals surface area (Å²) in [6, 6.07) is 0. The maximum absolute atomic E-state index is 6.87. The van der Waals surface area contributed by atoms with Gasteiger partial charge in [0.25, 0.3) is 0 Å². The van der Waals surface area contributed by atoms with Crippen LogP contribution in [0.5, 0.6) is 0 Å². The molecule has 0 fully saturated rings. The average Bonchev–Trinajstić information content (AvgIpc) is 1.63. The molecule has 0 aromatic carbocycles. The predicted octanol–water partition coefficient (Wildman–Crippen LogP) is 2.17. The van der Waals surface area contributed by atoms with E-state index in [2.05, 4.69) is 31.2 Å². The van der Waals surface area contributed by atoms with Gasteiger partial charge in [-0.05, 0) is 5.92 Å². The zero-order valence-electron chi connectivity index (χ0n) is 6.05. The third-order valence-electron chi connectivity index (χ3n) is 0.586. The first-order valence-electron chi connectivity index (χ1n) is 2.78. The molecule has 2 N–H and O–H groups in total. The van der Waals surface area contributed by atoms with Gasteiger partial charge in [-0.1, -0.05) is 25.8 Å². The molecule has 10 heavy (non-hydrogen) atoms. The van der Waals surface area contributed by atoms with E-state index < -0.39 is 0 Å². The fourth-order valence-corrected chi connectivity index (χ4v) is 1.02. The van der Waals surface area contributed by atoms with Gasteiger partial charge in [0.1, 0.15) is 0 Å². The zero-order valence-corrected chi connectivity index (χ0v) is 8.58. The van der Waals surface area contributed by atoms with Crippen molar-refractivity contribution in [3.8, 4) is 0 Å². The second-order valence-electron chi connectivity index (χ2n) is 2.16.